The van der Waals surface area contributed by atoms with Gasteiger partial charge in [0.05, 0.1) is 13.2 Å². The molecule has 0 radical (unpaired) electrons. The van der Waals surface area contributed by atoms with Crippen molar-refractivity contribution >= 4 is 11.6 Å². The molecule has 0 atom stereocenters. The Morgan fingerprint density at radius 2 is 1.37 bits per heavy atom. The minimum Gasteiger partial charge on any atom is -0.494 e. The highest BCUT2D eigenvalue weighted by atomic mass is 16.5. The third-order valence-electron chi connectivity index (χ3n) is 5.24. The van der Waals surface area contributed by atoms with Crippen molar-refractivity contribution in [3.8, 4) is 11.5 Å². The summed E-state index contributed by atoms with van der Waals surface area (Å²) < 4.78 is 11.0. The lowest BCUT2D eigenvalue weighted by Gasteiger charge is -2.27. The fraction of sp³-hybridized carbons (Fsp3) is 0.417. The van der Waals surface area contributed by atoms with E-state index < -0.39 is 11.5 Å². The van der Waals surface area contributed by atoms with Gasteiger partial charge in [0.25, 0.3) is 5.91 Å². The Labute approximate surface area is 177 Å². The molecular weight excluding hydrogens is 380 g/mol. The van der Waals surface area contributed by atoms with Crippen LogP contribution < -0.4 is 14.9 Å². The van der Waals surface area contributed by atoms with Gasteiger partial charge in [-0.1, -0.05) is 30.7 Å². The van der Waals surface area contributed by atoms with E-state index in [1.54, 1.807) is 48.5 Å². The second-order valence-corrected chi connectivity index (χ2v) is 7.30. The molecule has 2 N–H and O–H groups in total. The number of aliphatic hydroxyl groups is 1. The maximum atomic E-state index is 13.2. The summed E-state index contributed by atoms with van der Waals surface area (Å²) in [5.41, 5.74) is 2.56. The van der Waals surface area contributed by atoms with Crippen LogP contribution >= 0.6 is 0 Å². The van der Waals surface area contributed by atoms with Crippen molar-refractivity contribution in [3.63, 3.8) is 0 Å². The molecule has 1 aliphatic carbocycles. The van der Waals surface area contributed by atoms with E-state index in [4.69, 9.17) is 9.47 Å². The van der Waals surface area contributed by atoms with E-state index in [-0.39, 0.29) is 0 Å². The molecule has 6 nitrogen and oxygen atoms in total. The normalized spacial score (nSPS) is 14.2. The summed E-state index contributed by atoms with van der Waals surface area (Å²) >= 11 is 0. The number of benzene rings is 2. The molecule has 1 saturated carbocycles. The van der Waals surface area contributed by atoms with Gasteiger partial charge in [0, 0.05) is 5.71 Å². The highest BCUT2D eigenvalue weighted by Gasteiger charge is 2.40. The van der Waals surface area contributed by atoms with Crippen LogP contribution in [0.15, 0.2) is 53.6 Å². The molecule has 2 aromatic rings. The van der Waals surface area contributed by atoms with E-state index in [9.17, 15) is 9.90 Å². The number of nitrogens with one attached hydrogen (secondary N) is 1. The lowest BCUT2D eigenvalue weighted by atomic mass is 9.85. The van der Waals surface area contributed by atoms with Gasteiger partial charge in [-0.25, -0.2) is 5.43 Å². The van der Waals surface area contributed by atoms with Gasteiger partial charge in [0.1, 0.15) is 11.5 Å². The third kappa shape index (κ3) is 5.00. The van der Waals surface area contributed by atoms with Crippen LogP contribution in [-0.2, 0) is 10.4 Å². The zero-order chi connectivity index (χ0) is 21.4. The molecule has 0 spiro atoms. The lowest BCUT2D eigenvalue weighted by Crippen LogP contribution is -2.44. The predicted octanol–water partition coefficient (Wildman–Crippen LogP) is 4.16. The Morgan fingerprint density at radius 1 is 0.900 bits per heavy atom. The molecule has 1 aliphatic rings. The molecule has 0 bridgehead atoms. The Morgan fingerprint density at radius 3 is 1.80 bits per heavy atom. The van der Waals surface area contributed by atoms with Crippen molar-refractivity contribution in [3.05, 3.63) is 59.7 Å². The standard InChI is InChI=1S/C24H30N2O4/c1-3-29-21-14-10-18(11-15-21)24(28,19-12-16-22(17-13-19)30-4-2)23(27)26-25-20-8-6-5-7-9-20/h10-17,28H,3-9H2,1-2H3,(H,26,27). The van der Waals surface area contributed by atoms with E-state index in [2.05, 4.69) is 10.5 Å². The first-order chi connectivity index (χ1) is 14.6. The van der Waals surface area contributed by atoms with E-state index >= 15 is 0 Å². The third-order valence-corrected chi connectivity index (χ3v) is 5.24. The number of ether oxygens (including phenoxy) is 2. The quantitative estimate of drug-likeness (QED) is 0.641. The van der Waals surface area contributed by atoms with Crippen molar-refractivity contribution in [1.82, 2.24) is 5.43 Å². The molecule has 30 heavy (non-hydrogen) atoms. The van der Waals surface area contributed by atoms with Crippen LogP contribution in [0.2, 0.25) is 0 Å². The molecule has 6 heteroatoms. The number of hydrogen-bond acceptors (Lipinski definition) is 5. The molecular formula is C24H30N2O4. The maximum absolute atomic E-state index is 13.2. The largest absolute Gasteiger partial charge is 0.494 e. The zero-order valence-corrected chi connectivity index (χ0v) is 17.7. The number of hydrogen-bond donors (Lipinski definition) is 2. The van der Waals surface area contributed by atoms with Gasteiger partial charge < -0.3 is 14.6 Å². The summed E-state index contributed by atoms with van der Waals surface area (Å²) in [6.45, 7) is 4.89. The smallest absolute Gasteiger partial charge is 0.281 e. The molecule has 3 rings (SSSR count). The molecule has 1 fully saturated rings. The maximum Gasteiger partial charge on any atom is 0.281 e. The fourth-order valence-electron chi connectivity index (χ4n) is 3.63. The second kappa shape index (κ2) is 10.3. The van der Waals surface area contributed by atoms with Crippen LogP contribution in [0.4, 0.5) is 0 Å². The fourth-order valence-corrected chi connectivity index (χ4v) is 3.63. The van der Waals surface area contributed by atoms with Gasteiger partial charge in [-0.2, -0.15) is 5.10 Å². The summed E-state index contributed by atoms with van der Waals surface area (Å²) in [7, 11) is 0. The number of carbonyl (C=O) groups excluding carboxylic acids is 1. The Bertz CT molecular complexity index is 802. The first-order valence-electron chi connectivity index (χ1n) is 10.6. The first-order valence-corrected chi connectivity index (χ1v) is 10.6. The number of carbonyl (C=O) groups is 1. The minimum atomic E-state index is -1.89. The monoisotopic (exact) mass is 410 g/mol. The van der Waals surface area contributed by atoms with Gasteiger partial charge >= 0.3 is 0 Å². The van der Waals surface area contributed by atoms with E-state index in [0.717, 1.165) is 31.4 Å². The molecule has 2 aromatic carbocycles. The molecule has 1 amide bonds. The molecule has 0 aromatic heterocycles. The summed E-state index contributed by atoms with van der Waals surface area (Å²) in [6.07, 6.45) is 5.11. The number of nitrogens with zero attached hydrogens (tertiary/aromatic N) is 1. The van der Waals surface area contributed by atoms with Crippen molar-refractivity contribution in [2.45, 2.75) is 51.6 Å². The van der Waals surface area contributed by atoms with Crippen molar-refractivity contribution < 1.29 is 19.4 Å². The first kappa shape index (κ1) is 21.8. The van der Waals surface area contributed by atoms with Crippen LogP contribution in [0.25, 0.3) is 0 Å². The van der Waals surface area contributed by atoms with Gasteiger partial charge in [-0.3, -0.25) is 4.79 Å². The molecule has 0 aliphatic heterocycles. The van der Waals surface area contributed by atoms with Gasteiger partial charge in [0.2, 0.25) is 0 Å². The van der Waals surface area contributed by atoms with Crippen LogP contribution in [0, 0.1) is 0 Å². The summed E-state index contributed by atoms with van der Waals surface area (Å²) in [5.74, 6) is 0.769. The van der Waals surface area contributed by atoms with Gasteiger partial charge in [-0.15, -0.1) is 0 Å². The van der Waals surface area contributed by atoms with Crippen LogP contribution in [0.1, 0.15) is 57.1 Å². The Kier molecular flexibility index (Phi) is 7.46. The Balaban J connectivity index is 1.93. The van der Waals surface area contributed by atoms with Crippen molar-refractivity contribution in [2.24, 2.45) is 5.10 Å². The average Bonchev–Trinajstić information content (AvgIpc) is 2.79. The summed E-state index contributed by atoms with van der Waals surface area (Å²) in [6, 6.07) is 13.8. The van der Waals surface area contributed by atoms with Gasteiger partial charge in [0.15, 0.2) is 5.60 Å². The topological polar surface area (TPSA) is 80.2 Å². The second-order valence-electron chi connectivity index (χ2n) is 7.30. The van der Waals surface area contributed by atoms with Crippen molar-refractivity contribution in [2.75, 3.05) is 13.2 Å². The van der Waals surface area contributed by atoms with Crippen LogP contribution in [0.3, 0.4) is 0 Å². The lowest BCUT2D eigenvalue weighted by molar-refractivity contribution is -0.136. The molecule has 0 unspecified atom stereocenters. The molecule has 160 valence electrons. The number of hydrazone groups is 1. The zero-order valence-electron chi connectivity index (χ0n) is 17.7. The molecule has 0 heterocycles. The van der Waals surface area contributed by atoms with Crippen LogP contribution in [-0.4, -0.2) is 29.9 Å². The molecule has 0 saturated heterocycles. The summed E-state index contributed by atoms with van der Waals surface area (Å²) in [4.78, 5) is 13.2. The van der Waals surface area contributed by atoms with E-state index in [1.807, 2.05) is 13.8 Å². The van der Waals surface area contributed by atoms with E-state index in [1.165, 1.54) is 6.42 Å². The highest BCUT2D eigenvalue weighted by molar-refractivity contribution is 5.92. The predicted molar refractivity (Wildman–Crippen MR) is 117 cm³/mol. The van der Waals surface area contributed by atoms with Crippen molar-refractivity contribution in [1.29, 1.82) is 0 Å². The highest BCUT2D eigenvalue weighted by Crippen LogP contribution is 2.32. The SMILES string of the molecule is CCOc1ccc(C(O)(C(=O)NN=C2CCCCC2)c2ccc(OCC)cc2)cc1. The van der Waals surface area contributed by atoms with Gasteiger partial charge in [-0.05, 0) is 74.9 Å². The summed E-state index contributed by atoms with van der Waals surface area (Å²) in [5, 5.41) is 15.9. The Hall–Kier alpha value is -2.86. The number of amides is 1. The minimum absolute atomic E-state index is 0.441. The van der Waals surface area contributed by atoms with Crippen LogP contribution in [0.5, 0.6) is 11.5 Å². The average molecular weight is 411 g/mol. The van der Waals surface area contributed by atoms with E-state index in [0.29, 0.717) is 35.8 Å². The number of rotatable bonds is 8.